The van der Waals surface area contributed by atoms with E-state index in [1.54, 1.807) is 50.2 Å². The van der Waals surface area contributed by atoms with Crippen molar-refractivity contribution in [2.24, 2.45) is 10.3 Å². The first kappa shape index (κ1) is 25.9. The van der Waals surface area contributed by atoms with Crippen molar-refractivity contribution in [1.82, 2.24) is 5.32 Å². The van der Waals surface area contributed by atoms with Gasteiger partial charge in [0.1, 0.15) is 16.5 Å². The van der Waals surface area contributed by atoms with Gasteiger partial charge in [-0.05, 0) is 50.2 Å². The van der Waals surface area contributed by atoms with E-state index in [0.717, 1.165) is 11.9 Å². The quantitative estimate of drug-likeness (QED) is 0.160. The number of esters is 2. The summed E-state index contributed by atoms with van der Waals surface area (Å²) in [5, 5.41) is 2.69. The van der Waals surface area contributed by atoms with E-state index < -0.39 is 22.6 Å². The number of nitrogens with two attached hydrogens (primary N) is 1. The Balaban J connectivity index is 1.89. The fraction of sp³-hybridized carbons (Fsp3) is 0.273. The number of carbonyl (C=O) groups is 3. The lowest BCUT2D eigenvalue weighted by molar-refractivity contribution is -0.140. The number of nitroso groups, excluding NO2 is 1. The number of nitrogens with zero attached hydrogens (tertiary/aromatic N) is 1. The van der Waals surface area contributed by atoms with Crippen molar-refractivity contribution in [3.63, 3.8) is 0 Å². The van der Waals surface area contributed by atoms with E-state index in [-0.39, 0.29) is 35.7 Å². The molecule has 9 nitrogen and oxygen atoms in total. The highest BCUT2D eigenvalue weighted by Gasteiger charge is 2.23. The number of hydrogen-bond donors (Lipinski definition) is 2. The van der Waals surface area contributed by atoms with Gasteiger partial charge in [-0.25, -0.2) is 0 Å². The number of hydrogen-bond acceptors (Lipinski definition) is 9. The highest BCUT2D eigenvalue weighted by molar-refractivity contribution is 7.99. The molecule has 2 rings (SSSR count). The zero-order valence-electron chi connectivity index (χ0n) is 18.0. The molecule has 0 aromatic heterocycles. The highest BCUT2D eigenvalue weighted by atomic mass is 32.2. The summed E-state index contributed by atoms with van der Waals surface area (Å²) in [6.45, 7) is 3.69. The summed E-state index contributed by atoms with van der Waals surface area (Å²) < 4.78 is 12.6. The number of thiocarbonyl (C=S) groups is 1. The van der Waals surface area contributed by atoms with Crippen LogP contribution >= 0.6 is 24.2 Å². The van der Waals surface area contributed by atoms with Crippen molar-refractivity contribution in [3.05, 3.63) is 64.6 Å². The molecule has 3 N–H and O–H groups in total. The van der Waals surface area contributed by atoms with E-state index in [1.807, 2.05) is 0 Å². The monoisotopic (exact) mass is 489 g/mol. The average Bonchev–Trinajstić information content (AvgIpc) is 2.77. The van der Waals surface area contributed by atoms with Gasteiger partial charge in [0.2, 0.25) is 0 Å². The largest absolute Gasteiger partial charge is 0.427 e. The van der Waals surface area contributed by atoms with Crippen molar-refractivity contribution >= 4 is 47.0 Å². The summed E-state index contributed by atoms with van der Waals surface area (Å²) in [6, 6.07) is 12.5. The third-order valence-corrected chi connectivity index (χ3v) is 5.17. The second-order valence-corrected chi connectivity index (χ2v) is 9.32. The molecule has 0 heterocycles. The first-order valence-electron chi connectivity index (χ1n) is 9.80. The van der Waals surface area contributed by atoms with Crippen molar-refractivity contribution in [1.29, 1.82) is 0 Å². The summed E-state index contributed by atoms with van der Waals surface area (Å²) >= 11 is 5.67. The third-order valence-electron chi connectivity index (χ3n) is 4.22. The molecule has 0 fully saturated rings. The molecule has 0 aliphatic carbocycles. The maximum Gasteiger partial charge on any atom is 0.311 e. The molecule has 174 valence electrons. The molecule has 0 aliphatic heterocycles. The van der Waals surface area contributed by atoms with Crippen LogP contribution in [0.25, 0.3) is 0 Å². The summed E-state index contributed by atoms with van der Waals surface area (Å²) in [5.41, 5.74) is 6.30. The topological polar surface area (TPSA) is 137 Å². The van der Waals surface area contributed by atoms with Crippen LogP contribution in [0.3, 0.4) is 0 Å². The molecule has 0 radical (unpaired) electrons. The number of nitrogens with one attached hydrogen (secondary N) is 1. The van der Waals surface area contributed by atoms with E-state index in [4.69, 9.17) is 27.4 Å². The number of ether oxygens (including phenoxy) is 2. The standard InChI is InChI=1S/C22H23N3O6S2/c1-22(2,33-25-29)13-24-21(28)16-5-3-4-6-17(16)31-19(27)12-11-18(26)30-15-9-7-14(8-10-15)20(23)32/h3-10H,11-13H2,1-2H3,(H2,23,32)(H,24,28). The van der Waals surface area contributed by atoms with Crippen LogP contribution in [0.1, 0.15) is 42.6 Å². The van der Waals surface area contributed by atoms with E-state index >= 15 is 0 Å². The molecular weight excluding hydrogens is 466 g/mol. The molecule has 0 unspecified atom stereocenters. The zero-order chi connectivity index (χ0) is 24.4. The summed E-state index contributed by atoms with van der Waals surface area (Å²) in [6.07, 6.45) is -0.456. The Kier molecular flexibility index (Phi) is 9.49. The van der Waals surface area contributed by atoms with Crippen molar-refractivity contribution in [2.75, 3.05) is 6.54 Å². The molecule has 2 aromatic rings. The van der Waals surface area contributed by atoms with Crippen LogP contribution in [-0.2, 0) is 9.59 Å². The van der Waals surface area contributed by atoms with Crippen LogP contribution in [0.2, 0.25) is 0 Å². The van der Waals surface area contributed by atoms with Gasteiger partial charge < -0.3 is 20.5 Å². The predicted octanol–water partition coefficient (Wildman–Crippen LogP) is 3.54. The van der Waals surface area contributed by atoms with Gasteiger partial charge in [-0.3, -0.25) is 14.4 Å². The van der Waals surface area contributed by atoms with Crippen LogP contribution in [0.5, 0.6) is 11.5 Å². The number of para-hydroxylation sites is 1. The van der Waals surface area contributed by atoms with Crippen molar-refractivity contribution in [2.45, 2.75) is 31.4 Å². The molecular formula is C22H23N3O6S2. The van der Waals surface area contributed by atoms with Crippen molar-refractivity contribution in [3.8, 4) is 11.5 Å². The molecule has 0 bridgehead atoms. The van der Waals surface area contributed by atoms with Gasteiger partial charge in [0, 0.05) is 28.6 Å². The van der Waals surface area contributed by atoms with Gasteiger partial charge in [0.15, 0.2) is 0 Å². The molecule has 0 atom stereocenters. The fourth-order valence-electron chi connectivity index (χ4n) is 2.51. The molecule has 1 amide bonds. The molecule has 11 heteroatoms. The Bertz CT molecular complexity index is 1040. The molecule has 0 saturated carbocycles. The van der Waals surface area contributed by atoms with Crippen LogP contribution < -0.4 is 20.5 Å². The number of carbonyl (C=O) groups excluding carboxylic acids is 3. The van der Waals surface area contributed by atoms with E-state index in [1.165, 1.54) is 12.1 Å². The van der Waals surface area contributed by atoms with Gasteiger partial charge in [0.25, 0.3) is 5.91 Å². The maximum absolute atomic E-state index is 12.5. The van der Waals surface area contributed by atoms with Gasteiger partial charge in [-0.1, -0.05) is 24.4 Å². The lowest BCUT2D eigenvalue weighted by atomic mass is 10.1. The summed E-state index contributed by atoms with van der Waals surface area (Å²) in [7, 11) is 0. The minimum atomic E-state index is -0.697. The Hall–Kier alpha value is -3.31. The molecule has 2 aromatic carbocycles. The van der Waals surface area contributed by atoms with Gasteiger partial charge in [0.05, 0.1) is 23.2 Å². The van der Waals surface area contributed by atoms with Crippen LogP contribution in [0.4, 0.5) is 0 Å². The van der Waals surface area contributed by atoms with Gasteiger partial charge in [-0.15, -0.1) is 4.91 Å². The summed E-state index contributed by atoms with van der Waals surface area (Å²) in [4.78, 5) is 47.5. The van der Waals surface area contributed by atoms with E-state index in [2.05, 4.69) is 9.90 Å². The van der Waals surface area contributed by atoms with E-state index in [9.17, 15) is 19.3 Å². The summed E-state index contributed by atoms with van der Waals surface area (Å²) in [5.74, 6) is -1.44. The predicted molar refractivity (Wildman–Crippen MR) is 129 cm³/mol. The minimum Gasteiger partial charge on any atom is -0.427 e. The Morgan fingerprint density at radius 2 is 1.64 bits per heavy atom. The number of benzene rings is 2. The number of rotatable bonds is 11. The van der Waals surface area contributed by atoms with Gasteiger partial charge in [-0.2, -0.15) is 0 Å². The molecule has 0 saturated heterocycles. The SMILES string of the molecule is CC(C)(CNC(=O)c1ccccc1OC(=O)CCC(=O)Oc1ccc(C(N)=S)cc1)SN=O. The fourth-order valence-corrected chi connectivity index (χ4v) is 2.99. The zero-order valence-corrected chi connectivity index (χ0v) is 19.7. The second-order valence-electron chi connectivity index (χ2n) is 7.44. The highest BCUT2D eigenvalue weighted by Crippen LogP contribution is 2.25. The van der Waals surface area contributed by atoms with Crippen LogP contribution in [-0.4, -0.2) is 34.1 Å². The van der Waals surface area contributed by atoms with Crippen LogP contribution in [0, 0.1) is 4.91 Å². The van der Waals surface area contributed by atoms with Crippen LogP contribution in [0.15, 0.2) is 53.1 Å². The first-order valence-corrected chi connectivity index (χ1v) is 11.0. The van der Waals surface area contributed by atoms with E-state index in [0.29, 0.717) is 11.3 Å². The Labute approximate surface area is 200 Å². The number of amides is 1. The normalized spacial score (nSPS) is 10.7. The minimum absolute atomic E-state index is 0.0562. The lowest BCUT2D eigenvalue weighted by Gasteiger charge is -2.20. The molecule has 0 spiro atoms. The first-order chi connectivity index (χ1) is 15.6. The lowest BCUT2D eigenvalue weighted by Crippen LogP contribution is -2.36. The van der Waals surface area contributed by atoms with Gasteiger partial charge >= 0.3 is 11.9 Å². The third kappa shape index (κ3) is 8.62. The Morgan fingerprint density at radius 3 is 2.24 bits per heavy atom. The average molecular weight is 490 g/mol. The molecule has 0 aliphatic rings. The smallest absolute Gasteiger partial charge is 0.311 e. The Morgan fingerprint density at radius 1 is 1.03 bits per heavy atom. The molecule has 33 heavy (non-hydrogen) atoms. The maximum atomic E-state index is 12.5. The second kappa shape index (κ2) is 12.1. The van der Waals surface area contributed by atoms with Crippen molar-refractivity contribution < 1.29 is 23.9 Å².